The summed E-state index contributed by atoms with van der Waals surface area (Å²) >= 11 is 3.57. The van der Waals surface area contributed by atoms with Gasteiger partial charge in [0.2, 0.25) is 0 Å². The number of rotatable bonds is 3. The van der Waals surface area contributed by atoms with Gasteiger partial charge < -0.3 is 4.90 Å². The molecule has 0 bridgehead atoms. The molecular formula is C13H24BrN. The topological polar surface area (TPSA) is 3.24 Å². The molecule has 1 heterocycles. The SMILES string of the molecule is CC(CBr)CN1CCC2(CCCC2)CC1. The van der Waals surface area contributed by atoms with Gasteiger partial charge in [-0.3, -0.25) is 0 Å². The molecule has 2 rings (SSSR count). The Hall–Kier alpha value is 0.440. The van der Waals surface area contributed by atoms with Crippen LogP contribution in [-0.2, 0) is 0 Å². The normalized spacial score (nSPS) is 28.4. The van der Waals surface area contributed by atoms with Crippen molar-refractivity contribution in [3.8, 4) is 0 Å². The molecule has 1 saturated heterocycles. The highest BCUT2D eigenvalue weighted by Gasteiger charge is 2.36. The molecule has 15 heavy (non-hydrogen) atoms. The molecule has 88 valence electrons. The van der Waals surface area contributed by atoms with E-state index < -0.39 is 0 Å². The predicted molar refractivity (Wildman–Crippen MR) is 69.5 cm³/mol. The molecule has 2 fully saturated rings. The molecule has 1 saturated carbocycles. The Bertz CT molecular complexity index is 189. The molecule has 0 radical (unpaired) electrons. The molecule has 1 aliphatic heterocycles. The number of hydrogen-bond acceptors (Lipinski definition) is 1. The molecule has 0 aromatic carbocycles. The fraction of sp³-hybridized carbons (Fsp3) is 1.00. The minimum absolute atomic E-state index is 0.786. The smallest absolute Gasteiger partial charge is 0.00692 e. The molecule has 0 aromatic rings. The van der Waals surface area contributed by atoms with Crippen LogP contribution in [0.1, 0.15) is 45.4 Å². The van der Waals surface area contributed by atoms with Crippen LogP contribution < -0.4 is 0 Å². The zero-order chi connectivity index (χ0) is 10.7. The van der Waals surface area contributed by atoms with Gasteiger partial charge in [-0.2, -0.15) is 0 Å². The van der Waals surface area contributed by atoms with Gasteiger partial charge in [-0.1, -0.05) is 35.7 Å². The van der Waals surface area contributed by atoms with Crippen molar-refractivity contribution in [3.63, 3.8) is 0 Å². The van der Waals surface area contributed by atoms with Crippen LogP contribution in [0.3, 0.4) is 0 Å². The van der Waals surface area contributed by atoms with E-state index in [0.717, 1.165) is 16.7 Å². The van der Waals surface area contributed by atoms with Gasteiger partial charge in [0.1, 0.15) is 0 Å². The highest BCUT2D eigenvalue weighted by Crippen LogP contribution is 2.46. The van der Waals surface area contributed by atoms with Gasteiger partial charge >= 0.3 is 0 Å². The summed E-state index contributed by atoms with van der Waals surface area (Å²) in [5.74, 6) is 0.808. The first kappa shape index (κ1) is 11.9. The van der Waals surface area contributed by atoms with E-state index in [0.29, 0.717) is 0 Å². The Morgan fingerprint density at radius 1 is 1.13 bits per heavy atom. The number of hydrogen-bond donors (Lipinski definition) is 0. The standard InChI is InChI=1S/C13H24BrN/c1-12(10-14)11-15-8-6-13(7-9-15)4-2-3-5-13/h12H,2-11H2,1H3. The molecule has 1 unspecified atom stereocenters. The lowest BCUT2D eigenvalue weighted by Crippen LogP contribution is -2.40. The molecule has 1 nitrogen and oxygen atoms in total. The van der Waals surface area contributed by atoms with Crippen molar-refractivity contribution in [2.45, 2.75) is 45.4 Å². The monoisotopic (exact) mass is 273 g/mol. The Kier molecular flexibility index (Phi) is 4.11. The third kappa shape index (κ3) is 2.97. The van der Waals surface area contributed by atoms with Crippen LogP contribution in [0.2, 0.25) is 0 Å². The second-order valence-electron chi connectivity index (χ2n) is 5.77. The average molecular weight is 274 g/mol. The first-order chi connectivity index (χ1) is 7.24. The molecule has 1 aliphatic carbocycles. The van der Waals surface area contributed by atoms with E-state index in [2.05, 4.69) is 27.8 Å². The summed E-state index contributed by atoms with van der Waals surface area (Å²) in [6.45, 7) is 6.35. The van der Waals surface area contributed by atoms with Crippen LogP contribution in [0.15, 0.2) is 0 Å². The quantitative estimate of drug-likeness (QED) is 0.710. The van der Waals surface area contributed by atoms with Crippen molar-refractivity contribution in [1.29, 1.82) is 0 Å². The maximum Gasteiger partial charge on any atom is 0.00692 e. The summed E-state index contributed by atoms with van der Waals surface area (Å²) in [4.78, 5) is 2.68. The van der Waals surface area contributed by atoms with E-state index in [4.69, 9.17) is 0 Å². The van der Waals surface area contributed by atoms with E-state index in [1.54, 1.807) is 0 Å². The van der Waals surface area contributed by atoms with E-state index in [1.165, 1.54) is 58.2 Å². The van der Waals surface area contributed by atoms with Crippen LogP contribution in [0.5, 0.6) is 0 Å². The lowest BCUT2D eigenvalue weighted by molar-refractivity contribution is 0.100. The van der Waals surface area contributed by atoms with Gasteiger partial charge in [0.25, 0.3) is 0 Å². The van der Waals surface area contributed by atoms with Gasteiger partial charge in [0.15, 0.2) is 0 Å². The van der Waals surface area contributed by atoms with Crippen LogP contribution in [0, 0.1) is 11.3 Å². The van der Waals surface area contributed by atoms with Crippen LogP contribution in [0.25, 0.3) is 0 Å². The van der Waals surface area contributed by atoms with Crippen molar-refractivity contribution in [2.75, 3.05) is 25.0 Å². The Labute approximate surface area is 103 Å². The lowest BCUT2D eigenvalue weighted by Gasteiger charge is -2.40. The van der Waals surface area contributed by atoms with Crippen LogP contribution >= 0.6 is 15.9 Å². The number of nitrogens with zero attached hydrogens (tertiary/aromatic N) is 1. The summed E-state index contributed by atoms with van der Waals surface area (Å²) in [7, 11) is 0. The number of alkyl halides is 1. The van der Waals surface area contributed by atoms with Gasteiger partial charge in [0, 0.05) is 11.9 Å². The Morgan fingerprint density at radius 2 is 1.73 bits per heavy atom. The number of likely N-dealkylation sites (tertiary alicyclic amines) is 1. The average Bonchev–Trinajstić information content (AvgIpc) is 2.70. The third-order valence-corrected chi connectivity index (χ3v) is 5.52. The molecule has 0 amide bonds. The second-order valence-corrected chi connectivity index (χ2v) is 6.41. The van der Waals surface area contributed by atoms with Crippen molar-refractivity contribution in [3.05, 3.63) is 0 Å². The molecule has 0 aromatic heterocycles. The largest absolute Gasteiger partial charge is 0.303 e. The predicted octanol–water partition coefficient (Wildman–Crippen LogP) is 3.67. The maximum atomic E-state index is 3.57. The van der Waals surface area contributed by atoms with Crippen molar-refractivity contribution < 1.29 is 0 Å². The van der Waals surface area contributed by atoms with Gasteiger partial charge in [0.05, 0.1) is 0 Å². The summed E-state index contributed by atoms with van der Waals surface area (Å²) in [5.41, 5.74) is 0.786. The minimum atomic E-state index is 0.786. The summed E-state index contributed by atoms with van der Waals surface area (Å²) in [6, 6.07) is 0. The second kappa shape index (κ2) is 5.18. The van der Waals surface area contributed by atoms with E-state index in [1.807, 2.05) is 0 Å². The van der Waals surface area contributed by atoms with Crippen LogP contribution in [0.4, 0.5) is 0 Å². The fourth-order valence-electron chi connectivity index (χ4n) is 3.32. The Morgan fingerprint density at radius 3 is 2.27 bits per heavy atom. The maximum absolute atomic E-state index is 3.57. The molecule has 2 aliphatic rings. The van der Waals surface area contributed by atoms with Gasteiger partial charge in [-0.25, -0.2) is 0 Å². The van der Waals surface area contributed by atoms with Crippen molar-refractivity contribution in [1.82, 2.24) is 4.90 Å². The molecular weight excluding hydrogens is 250 g/mol. The highest BCUT2D eigenvalue weighted by atomic mass is 79.9. The third-order valence-electron chi connectivity index (χ3n) is 4.41. The van der Waals surface area contributed by atoms with Gasteiger partial charge in [-0.05, 0) is 50.1 Å². The van der Waals surface area contributed by atoms with Crippen molar-refractivity contribution in [2.24, 2.45) is 11.3 Å². The summed E-state index contributed by atoms with van der Waals surface area (Å²) in [5, 5.41) is 1.15. The minimum Gasteiger partial charge on any atom is -0.303 e. The van der Waals surface area contributed by atoms with Gasteiger partial charge in [-0.15, -0.1) is 0 Å². The highest BCUT2D eigenvalue weighted by molar-refractivity contribution is 9.09. The molecule has 1 atom stereocenters. The molecule has 2 heteroatoms. The zero-order valence-electron chi connectivity index (χ0n) is 9.97. The molecule has 0 N–H and O–H groups in total. The molecule has 1 spiro atoms. The lowest BCUT2D eigenvalue weighted by atomic mass is 9.77. The first-order valence-corrected chi connectivity index (χ1v) is 7.65. The van der Waals surface area contributed by atoms with E-state index in [-0.39, 0.29) is 0 Å². The van der Waals surface area contributed by atoms with E-state index >= 15 is 0 Å². The van der Waals surface area contributed by atoms with Crippen molar-refractivity contribution >= 4 is 15.9 Å². The summed E-state index contributed by atoms with van der Waals surface area (Å²) in [6.07, 6.45) is 8.99. The van der Waals surface area contributed by atoms with Crippen LogP contribution in [-0.4, -0.2) is 29.9 Å². The first-order valence-electron chi connectivity index (χ1n) is 6.52. The summed E-state index contributed by atoms with van der Waals surface area (Å²) < 4.78 is 0. The number of piperidine rings is 1. The van der Waals surface area contributed by atoms with E-state index in [9.17, 15) is 0 Å². The number of halogens is 1. The fourth-order valence-corrected chi connectivity index (χ4v) is 3.53. The Balaban J connectivity index is 1.76. The zero-order valence-corrected chi connectivity index (χ0v) is 11.6.